The summed E-state index contributed by atoms with van der Waals surface area (Å²) in [4.78, 5) is 10.8. The lowest BCUT2D eigenvalue weighted by molar-refractivity contribution is -0.137. The summed E-state index contributed by atoms with van der Waals surface area (Å²) in [7, 11) is 0. The van der Waals surface area contributed by atoms with Gasteiger partial charge in [0.1, 0.15) is 6.29 Å². The second kappa shape index (κ2) is 4.88. The van der Waals surface area contributed by atoms with Gasteiger partial charge in [-0.2, -0.15) is 13.2 Å². The molecule has 98 valence electrons. The summed E-state index contributed by atoms with van der Waals surface area (Å²) in [5.41, 5.74) is 0.753. The average molecular weight is 264 g/mol. The van der Waals surface area contributed by atoms with E-state index in [1.807, 2.05) is 0 Å². The van der Waals surface area contributed by atoms with Crippen molar-refractivity contribution in [1.82, 2.24) is 0 Å². The normalized spacial score (nSPS) is 11.4. The highest BCUT2D eigenvalue weighted by molar-refractivity contribution is 5.81. The van der Waals surface area contributed by atoms with Gasteiger partial charge in [-0.15, -0.1) is 0 Å². The van der Waals surface area contributed by atoms with E-state index >= 15 is 0 Å². The Morgan fingerprint density at radius 3 is 2.26 bits per heavy atom. The highest BCUT2D eigenvalue weighted by atomic mass is 19.4. The molecule has 19 heavy (non-hydrogen) atoms. The predicted molar refractivity (Wildman–Crippen MR) is 67.0 cm³/mol. The molecule has 1 nitrogen and oxygen atoms in total. The quantitative estimate of drug-likeness (QED) is 0.730. The number of aryl methyl sites for hydroxylation is 1. The predicted octanol–water partition coefficient (Wildman–Crippen LogP) is 4.49. The molecule has 0 fully saturated rings. The van der Waals surface area contributed by atoms with E-state index in [1.54, 1.807) is 31.2 Å². The molecule has 0 spiro atoms. The van der Waals surface area contributed by atoms with E-state index in [9.17, 15) is 18.0 Å². The summed E-state index contributed by atoms with van der Waals surface area (Å²) in [5.74, 6) is 0. The third-order valence-corrected chi connectivity index (χ3v) is 2.92. The highest BCUT2D eigenvalue weighted by Gasteiger charge is 2.33. The molecule has 0 unspecified atom stereocenters. The molecule has 4 heteroatoms. The van der Waals surface area contributed by atoms with Crippen LogP contribution >= 0.6 is 0 Å². The number of carbonyl (C=O) groups is 1. The maximum absolute atomic E-state index is 13.0. The highest BCUT2D eigenvalue weighted by Crippen LogP contribution is 2.38. The fraction of sp³-hybridized carbons (Fsp3) is 0.133. The van der Waals surface area contributed by atoms with E-state index in [1.165, 1.54) is 12.1 Å². The first-order chi connectivity index (χ1) is 8.93. The number of benzene rings is 2. The molecule has 0 aliphatic rings. The Kier molecular flexibility index (Phi) is 3.42. The second-order valence-corrected chi connectivity index (χ2v) is 4.24. The van der Waals surface area contributed by atoms with Crippen molar-refractivity contribution < 1.29 is 18.0 Å². The minimum Gasteiger partial charge on any atom is -0.298 e. The first kappa shape index (κ1) is 13.3. The van der Waals surface area contributed by atoms with Gasteiger partial charge in [0.25, 0.3) is 0 Å². The monoisotopic (exact) mass is 264 g/mol. The molecule has 0 heterocycles. The van der Waals surface area contributed by atoms with Crippen LogP contribution in [0.2, 0.25) is 0 Å². The zero-order valence-corrected chi connectivity index (χ0v) is 10.2. The lowest BCUT2D eigenvalue weighted by atomic mass is 9.94. The van der Waals surface area contributed by atoms with Crippen LogP contribution in [-0.2, 0) is 6.18 Å². The van der Waals surface area contributed by atoms with Gasteiger partial charge in [0.05, 0.1) is 5.56 Å². The Hall–Kier alpha value is -2.10. The Morgan fingerprint density at radius 2 is 1.68 bits per heavy atom. The summed E-state index contributed by atoms with van der Waals surface area (Å²) in [6, 6.07) is 10.2. The fourth-order valence-electron chi connectivity index (χ4n) is 1.98. The van der Waals surface area contributed by atoms with Gasteiger partial charge in [0.15, 0.2) is 0 Å². The lowest BCUT2D eigenvalue weighted by Gasteiger charge is -2.15. The summed E-state index contributed by atoms with van der Waals surface area (Å²) < 4.78 is 39.0. The average Bonchev–Trinajstić information content (AvgIpc) is 2.37. The summed E-state index contributed by atoms with van der Waals surface area (Å²) in [5, 5.41) is 0. The van der Waals surface area contributed by atoms with Crippen molar-refractivity contribution in [3.05, 3.63) is 59.2 Å². The van der Waals surface area contributed by atoms with Crippen molar-refractivity contribution in [2.45, 2.75) is 13.1 Å². The Bertz CT molecular complexity index is 615. The van der Waals surface area contributed by atoms with Crippen molar-refractivity contribution in [3.8, 4) is 11.1 Å². The maximum Gasteiger partial charge on any atom is 0.417 e. The van der Waals surface area contributed by atoms with E-state index in [4.69, 9.17) is 0 Å². The standard InChI is InChI=1S/C15H11F3O/c1-10-4-2-3-5-12(10)13-8-11(9-19)6-7-14(13)15(16,17)18/h2-9H,1H3. The first-order valence-electron chi connectivity index (χ1n) is 5.66. The largest absolute Gasteiger partial charge is 0.417 e. The zero-order chi connectivity index (χ0) is 14.0. The van der Waals surface area contributed by atoms with Gasteiger partial charge in [-0.1, -0.05) is 30.3 Å². The van der Waals surface area contributed by atoms with E-state index in [0.717, 1.165) is 11.6 Å². The van der Waals surface area contributed by atoms with E-state index < -0.39 is 11.7 Å². The molecule has 0 aliphatic carbocycles. The minimum absolute atomic E-state index is 0.0372. The second-order valence-electron chi connectivity index (χ2n) is 4.24. The van der Waals surface area contributed by atoms with Crippen molar-refractivity contribution in [2.24, 2.45) is 0 Å². The minimum atomic E-state index is -4.45. The van der Waals surface area contributed by atoms with Crippen LogP contribution in [0.1, 0.15) is 21.5 Å². The van der Waals surface area contributed by atoms with E-state index in [2.05, 4.69) is 0 Å². The van der Waals surface area contributed by atoms with Crippen molar-refractivity contribution >= 4 is 6.29 Å². The summed E-state index contributed by atoms with van der Waals surface area (Å²) >= 11 is 0. The molecule has 0 aliphatic heterocycles. The van der Waals surface area contributed by atoms with Crippen LogP contribution in [0.5, 0.6) is 0 Å². The van der Waals surface area contributed by atoms with Gasteiger partial charge in [-0.25, -0.2) is 0 Å². The molecule has 0 bridgehead atoms. The van der Waals surface area contributed by atoms with Crippen molar-refractivity contribution in [3.63, 3.8) is 0 Å². The van der Waals surface area contributed by atoms with Crippen LogP contribution in [0.4, 0.5) is 13.2 Å². The molecule has 0 amide bonds. The number of carbonyl (C=O) groups excluding carboxylic acids is 1. The number of hydrogen-bond acceptors (Lipinski definition) is 1. The van der Waals surface area contributed by atoms with Gasteiger partial charge >= 0.3 is 6.18 Å². The molecule has 2 rings (SSSR count). The van der Waals surface area contributed by atoms with Crippen LogP contribution < -0.4 is 0 Å². The van der Waals surface area contributed by atoms with Crippen molar-refractivity contribution in [1.29, 1.82) is 0 Å². The first-order valence-corrected chi connectivity index (χ1v) is 5.66. The van der Waals surface area contributed by atoms with Gasteiger partial charge in [0, 0.05) is 5.56 Å². The van der Waals surface area contributed by atoms with Crippen molar-refractivity contribution in [2.75, 3.05) is 0 Å². The van der Waals surface area contributed by atoms with Crippen LogP contribution in [0, 0.1) is 6.92 Å². The number of rotatable bonds is 2. The number of hydrogen-bond donors (Lipinski definition) is 0. The topological polar surface area (TPSA) is 17.1 Å². The van der Waals surface area contributed by atoms with Crippen LogP contribution in [0.3, 0.4) is 0 Å². The molecular weight excluding hydrogens is 253 g/mol. The molecular formula is C15H11F3O. The van der Waals surface area contributed by atoms with E-state index in [0.29, 0.717) is 11.8 Å². The molecule has 0 saturated carbocycles. The van der Waals surface area contributed by atoms with Crippen LogP contribution in [-0.4, -0.2) is 6.29 Å². The summed E-state index contributed by atoms with van der Waals surface area (Å²) in [6.07, 6.45) is -3.90. The number of aldehydes is 1. The zero-order valence-electron chi connectivity index (χ0n) is 10.2. The third kappa shape index (κ3) is 2.67. The van der Waals surface area contributed by atoms with Gasteiger partial charge < -0.3 is 0 Å². The molecule has 0 atom stereocenters. The lowest BCUT2D eigenvalue weighted by Crippen LogP contribution is -2.08. The fourth-order valence-corrected chi connectivity index (χ4v) is 1.98. The molecule has 0 saturated heterocycles. The van der Waals surface area contributed by atoms with Crippen LogP contribution in [0.25, 0.3) is 11.1 Å². The van der Waals surface area contributed by atoms with Gasteiger partial charge in [0.2, 0.25) is 0 Å². The molecule has 0 N–H and O–H groups in total. The van der Waals surface area contributed by atoms with Gasteiger partial charge in [-0.05, 0) is 35.7 Å². The molecule has 2 aromatic carbocycles. The van der Waals surface area contributed by atoms with E-state index in [-0.39, 0.29) is 11.1 Å². The smallest absolute Gasteiger partial charge is 0.298 e. The van der Waals surface area contributed by atoms with Gasteiger partial charge in [-0.3, -0.25) is 4.79 Å². The SMILES string of the molecule is Cc1ccccc1-c1cc(C=O)ccc1C(F)(F)F. The Balaban J connectivity index is 2.73. The maximum atomic E-state index is 13.0. The molecule has 0 aromatic heterocycles. The Morgan fingerprint density at radius 1 is 1.00 bits per heavy atom. The molecule has 0 radical (unpaired) electrons. The number of alkyl halides is 3. The Labute approximate surface area is 108 Å². The van der Waals surface area contributed by atoms with Crippen LogP contribution in [0.15, 0.2) is 42.5 Å². The number of halogens is 3. The molecule has 2 aromatic rings. The third-order valence-electron chi connectivity index (χ3n) is 2.92. The summed E-state index contributed by atoms with van der Waals surface area (Å²) in [6.45, 7) is 1.74.